The van der Waals surface area contributed by atoms with Gasteiger partial charge in [-0.2, -0.15) is 0 Å². The summed E-state index contributed by atoms with van der Waals surface area (Å²) in [5, 5.41) is 1.74. The molecule has 5 heteroatoms. The molecular formula is C18H18ClFN2O. The minimum atomic E-state index is -0.330. The molecule has 0 saturated carbocycles. The second-order valence-corrected chi connectivity index (χ2v) is 5.22. The zero-order chi connectivity index (χ0) is 17.0. The van der Waals surface area contributed by atoms with E-state index in [9.17, 15) is 9.18 Å². The van der Waals surface area contributed by atoms with E-state index in [1.54, 1.807) is 22.8 Å². The lowest BCUT2D eigenvalue weighted by Crippen LogP contribution is -2.22. The van der Waals surface area contributed by atoms with E-state index >= 15 is 0 Å². The van der Waals surface area contributed by atoms with Gasteiger partial charge in [0.1, 0.15) is 5.82 Å². The van der Waals surface area contributed by atoms with E-state index in [4.69, 9.17) is 11.6 Å². The van der Waals surface area contributed by atoms with Gasteiger partial charge >= 0.3 is 0 Å². The van der Waals surface area contributed by atoms with Crippen molar-refractivity contribution in [1.29, 1.82) is 0 Å². The smallest absolute Gasteiger partial charge is 0.264 e. The molecule has 0 atom stereocenters. The molecular weight excluding hydrogens is 315 g/mol. The number of fused-ring (bicyclic) bond motifs is 1. The van der Waals surface area contributed by atoms with Gasteiger partial charge < -0.3 is 5.73 Å². The van der Waals surface area contributed by atoms with E-state index in [2.05, 4.69) is 5.73 Å². The Morgan fingerprint density at radius 3 is 2.39 bits per heavy atom. The number of halogens is 2. The summed E-state index contributed by atoms with van der Waals surface area (Å²) in [4.78, 5) is 12.8. The van der Waals surface area contributed by atoms with Crippen LogP contribution < -0.4 is 11.3 Å². The monoisotopic (exact) mass is 332 g/mol. The van der Waals surface area contributed by atoms with Gasteiger partial charge in [-0.25, -0.2) is 4.39 Å². The Kier molecular flexibility index (Phi) is 5.53. The zero-order valence-corrected chi connectivity index (χ0v) is 13.8. The van der Waals surface area contributed by atoms with Crippen LogP contribution >= 0.6 is 11.6 Å². The fourth-order valence-electron chi connectivity index (χ4n) is 2.51. The molecule has 3 aromatic rings. The quantitative estimate of drug-likeness (QED) is 0.773. The van der Waals surface area contributed by atoms with Gasteiger partial charge in [0.25, 0.3) is 5.56 Å². The van der Waals surface area contributed by atoms with Crippen molar-refractivity contribution in [1.82, 2.24) is 4.57 Å². The molecule has 0 spiro atoms. The third kappa shape index (κ3) is 3.28. The van der Waals surface area contributed by atoms with Crippen molar-refractivity contribution in [2.45, 2.75) is 13.3 Å². The van der Waals surface area contributed by atoms with E-state index in [-0.39, 0.29) is 11.4 Å². The van der Waals surface area contributed by atoms with Crippen LogP contribution in [0.5, 0.6) is 0 Å². The second kappa shape index (κ2) is 7.40. The Bertz CT molecular complexity index is 873. The van der Waals surface area contributed by atoms with Crippen molar-refractivity contribution in [2.75, 3.05) is 7.05 Å². The molecule has 0 amide bonds. The van der Waals surface area contributed by atoms with E-state index < -0.39 is 0 Å². The summed E-state index contributed by atoms with van der Waals surface area (Å²) in [7, 11) is 1.50. The molecule has 0 aliphatic heterocycles. The van der Waals surface area contributed by atoms with Gasteiger partial charge in [-0.15, -0.1) is 0 Å². The summed E-state index contributed by atoms with van der Waals surface area (Å²) >= 11 is 6.17. The highest BCUT2D eigenvalue weighted by atomic mass is 35.5. The van der Waals surface area contributed by atoms with Crippen LogP contribution in [0.4, 0.5) is 4.39 Å². The third-order valence-corrected chi connectivity index (χ3v) is 3.83. The Hall–Kier alpha value is -2.17. The summed E-state index contributed by atoms with van der Waals surface area (Å²) < 4.78 is 14.7. The standard InChI is InChI=1S/C17H13ClFNO.CH5N/c1-2-13-10-11-4-3-5-15(18)16(11)17(21)20(13)14-8-6-12(19)7-9-14;1-2/h3-10H,2H2,1H3;2H2,1H3. The highest BCUT2D eigenvalue weighted by Crippen LogP contribution is 2.22. The lowest BCUT2D eigenvalue weighted by Gasteiger charge is -2.14. The molecule has 120 valence electrons. The van der Waals surface area contributed by atoms with Crippen LogP contribution in [0.3, 0.4) is 0 Å². The number of aryl methyl sites for hydroxylation is 1. The van der Waals surface area contributed by atoms with Crippen molar-refractivity contribution < 1.29 is 4.39 Å². The van der Waals surface area contributed by atoms with Crippen LogP contribution in [0.25, 0.3) is 16.5 Å². The van der Waals surface area contributed by atoms with Crippen LogP contribution in [-0.4, -0.2) is 11.6 Å². The summed E-state index contributed by atoms with van der Waals surface area (Å²) in [6.07, 6.45) is 0.690. The highest BCUT2D eigenvalue weighted by Gasteiger charge is 2.12. The molecule has 1 heterocycles. The minimum Gasteiger partial charge on any atom is -0.333 e. The molecule has 3 rings (SSSR count). The molecule has 23 heavy (non-hydrogen) atoms. The highest BCUT2D eigenvalue weighted by molar-refractivity contribution is 6.35. The van der Waals surface area contributed by atoms with Crippen LogP contribution in [0.15, 0.2) is 53.3 Å². The Labute approximate surface area is 139 Å². The number of aromatic nitrogens is 1. The molecule has 0 bridgehead atoms. The number of hydrogen-bond acceptors (Lipinski definition) is 2. The number of benzene rings is 2. The van der Waals surface area contributed by atoms with E-state index in [0.29, 0.717) is 22.5 Å². The lowest BCUT2D eigenvalue weighted by molar-refractivity contribution is 0.627. The first kappa shape index (κ1) is 17.2. The van der Waals surface area contributed by atoms with Gasteiger partial charge in [-0.3, -0.25) is 9.36 Å². The number of nitrogens with two attached hydrogens (primary N) is 1. The van der Waals surface area contributed by atoms with E-state index in [0.717, 1.165) is 11.1 Å². The summed E-state index contributed by atoms with van der Waals surface area (Å²) in [6, 6.07) is 13.2. The first-order valence-corrected chi connectivity index (χ1v) is 7.66. The van der Waals surface area contributed by atoms with Gasteiger partial charge in [-0.1, -0.05) is 30.7 Å². The van der Waals surface area contributed by atoms with Crippen LogP contribution in [0.1, 0.15) is 12.6 Å². The first-order valence-electron chi connectivity index (χ1n) is 7.28. The predicted octanol–water partition coefficient (Wildman–Crippen LogP) is 3.92. The topological polar surface area (TPSA) is 48.0 Å². The average Bonchev–Trinajstić information content (AvgIpc) is 2.57. The predicted molar refractivity (Wildman–Crippen MR) is 94.0 cm³/mol. The maximum Gasteiger partial charge on any atom is 0.264 e. The molecule has 0 fully saturated rings. The van der Waals surface area contributed by atoms with Crippen molar-refractivity contribution in [3.05, 3.63) is 75.4 Å². The van der Waals surface area contributed by atoms with Gasteiger partial charge in [0.2, 0.25) is 0 Å². The molecule has 0 radical (unpaired) electrons. The maximum atomic E-state index is 13.1. The summed E-state index contributed by atoms with van der Waals surface area (Å²) in [6.45, 7) is 1.98. The van der Waals surface area contributed by atoms with Crippen molar-refractivity contribution >= 4 is 22.4 Å². The largest absolute Gasteiger partial charge is 0.333 e. The molecule has 0 aliphatic rings. The number of nitrogens with zero attached hydrogens (tertiary/aromatic N) is 1. The number of hydrogen-bond donors (Lipinski definition) is 1. The van der Waals surface area contributed by atoms with Crippen molar-refractivity contribution in [3.8, 4) is 5.69 Å². The Morgan fingerprint density at radius 2 is 1.78 bits per heavy atom. The molecule has 2 aromatic carbocycles. The van der Waals surface area contributed by atoms with Crippen LogP contribution in [0, 0.1) is 5.82 Å². The normalized spacial score (nSPS) is 10.3. The zero-order valence-electron chi connectivity index (χ0n) is 13.0. The van der Waals surface area contributed by atoms with Gasteiger partial charge in [0, 0.05) is 11.4 Å². The van der Waals surface area contributed by atoms with Gasteiger partial charge in [0.05, 0.1) is 10.4 Å². The van der Waals surface area contributed by atoms with Gasteiger partial charge in [-0.05, 0) is 55.3 Å². The fraction of sp³-hybridized carbons (Fsp3) is 0.167. The molecule has 0 unspecified atom stereocenters. The Balaban J connectivity index is 0.000000924. The second-order valence-electron chi connectivity index (χ2n) is 4.81. The minimum absolute atomic E-state index is 0.179. The molecule has 0 saturated heterocycles. The number of rotatable bonds is 2. The van der Waals surface area contributed by atoms with Gasteiger partial charge in [0.15, 0.2) is 0 Å². The SMILES string of the molecule is CCc1cc2cccc(Cl)c2c(=O)n1-c1ccc(F)cc1.CN. The summed E-state index contributed by atoms with van der Waals surface area (Å²) in [5.74, 6) is -0.330. The third-order valence-electron chi connectivity index (χ3n) is 3.52. The molecule has 0 aliphatic carbocycles. The van der Waals surface area contributed by atoms with E-state index in [1.807, 2.05) is 25.1 Å². The average molecular weight is 333 g/mol. The molecule has 1 aromatic heterocycles. The molecule has 2 N–H and O–H groups in total. The maximum absolute atomic E-state index is 13.1. The number of pyridine rings is 1. The van der Waals surface area contributed by atoms with Crippen LogP contribution in [-0.2, 0) is 6.42 Å². The van der Waals surface area contributed by atoms with Crippen molar-refractivity contribution in [3.63, 3.8) is 0 Å². The fourth-order valence-corrected chi connectivity index (χ4v) is 2.77. The van der Waals surface area contributed by atoms with Crippen LogP contribution in [0.2, 0.25) is 5.02 Å². The molecule has 3 nitrogen and oxygen atoms in total. The van der Waals surface area contributed by atoms with E-state index in [1.165, 1.54) is 19.2 Å². The first-order chi connectivity index (χ1) is 11.1. The summed E-state index contributed by atoms with van der Waals surface area (Å²) in [5.41, 5.74) is 5.82. The van der Waals surface area contributed by atoms with Crippen molar-refractivity contribution in [2.24, 2.45) is 5.73 Å². The Morgan fingerprint density at radius 1 is 1.13 bits per heavy atom. The lowest BCUT2D eigenvalue weighted by atomic mass is 10.1.